The van der Waals surface area contributed by atoms with E-state index in [1.54, 1.807) is 33.5 Å². The van der Waals surface area contributed by atoms with Gasteiger partial charge in [0.1, 0.15) is 0 Å². The Morgan fingerprint density at radius 2 is 1.88 bits per heavy atom. The molecule has 1 fully saturated rings. The zero-order chi connectivity index (χ0) is 19.1. The van der Waals surface area contributed by atoms with E-state index in [-0.39, 0.29) is 11.9 Å². The van der Waals surface area contributed by atoms with Crippen molar-refractivity contribution < 1.29 is 23.7 Å². The highest BCUT2D eigenvalue weighted by Gasteiger charge is 2.28. The molecule has 1 heterocycles. The number of carbonyl (C=O) groups is 1. The molecule has 1 aromatic rings. The average Bonchev–Trinajstić information content (AvgIpc) is 2.67. The molecule has 7 nitrogen and oxygen atoms in total. The molecule has 1 aliphatic rings. The Hall–Kier alpha value is -2.22. The van der Waals surface area contributed by atoms with Gasteiger partial charge in [-0.25, -0.2) is 0 Å². The summed E-state index contributed by atoms with van der Waals surface area (Å²) in [6.07, 6.45) is 1.71. The van der Waals surface area contributed by atoms with Crippen LogP contribution >= 0.6 is 12.2 Å². The van der Waals surface area contributed by atoms with Gasteiger partial charge in [0.05, 0.1) is 33.9 Å². The number of likely N-dealkylation sites (tertiary alicyclic amines) is 1. The lowest BCUT2D eigenvalue weighted by atomic mass is 9.98. The molecule has 144 valence electrons. The van der Waals surface area contributed by atoms with Crippen molar-refractivity contribution in [1.29, 1.82) is 0 Å². The Balaban J connectivity index is 2.10. The number of hydrogen-bond acceptors (Lipinski definition) is 6. The van der Waals surface area contributed by atoms with E-state index in [1.165, 1.54) is 0 Å². The predicted molar refractivity (Wildman–Crippen MR) is 103 cm³/mol. The van der Waals surface area contributed by atoms with E-state index in [1.807, 2.05) is 11.8 Å². The number of nitrogens with zero attached hydrogens (tertiary/aromatic N) is 1. The second-order valence-corrected chi connectivity index (χ2v) is 6.27. The molecule has 0 unspecified atom stereocenters. The second-order valence-electron chi connectivity index (χ2n) is 5.88. The first-order chi connectivity index (χ1) is 12.5. The number of piperidine rings is 1. The van der Waals surface area contributed by atoms with Crippen LogP contribution in [0.2, 0.25) is 0 Å². The average molecular weight is 382 g/mol. The highest BCUT2D eigenvalue weighted by atomic mass is 32.1. The van der Waals surface area contributed by atoms with Crippen LogP contribution in [-0.2, 0) is 9.53 Å². The quantitative estimate of drug-likeness (QED) is 0.595. The zero-order valence-corrected chi connectivity index (χ0v) is 16.5. The number of benzene rings is 1. The smallest absolute Gasteiger partial charge is 0.310 e. The highest BCUT2D eigenvalue weighted by Crippen LogP contribution is 2.40. The molecule has 8 heteroatoms. The first-order valence-corrected chi connectivity index (χ1v) is 8.97. The van der Waals surface area contributed by atoms with Gasteiger partial charge >= 0.3 is 5.97 Å². The fraction of sp³-hybridized carbons (Fsp3) is 0.556. The summed E-state index contributed by atoms with van der Waals surface area (Å²) < 4.78 is 21.2. The molecule has 1 saturated heterocycles. The van der Waals surface area contributed by atoms with Crippen molar-refractivity contribution >= 4 is 29.0 Å². The Morgan fingerprint density at radius 3 is 2.42 bits per heavy atom. The van der Waals surface area contributed by atoms with Crippen LogP contribution in [0.15, 0.2) is 12.1 Å². The van der Waals surface area contributed by atoms with Gasteiger partial charge in [-0.2, -0.15) is 0 Å². The number of nitrogens with one attached hydrogen (secondary N) is 1. The van der Waals surface area contributed by atoms with E-state index >= 15 is 0 Å². The summed E-state index contributed by atoms with van der Waals surface area (Å²) in [6.45, 7) is 3.56. The van der Waals surface area contributed by atoms with Crippen molar-refractivity contribution in [2.45, 2.75) is 19.8 Å². The van der Waals surface area contributed by atoms with Gasteiger partial charge in [-0.3, -0.25) is 4.79 Å². The summed E-state index contributed by atoms with van der Waals surface area (Å²) >= 11 is 5.53. The van der Waals surface area contributed by atoms with E-state index in [9.17, 15) is 4.79 Å². The van der Waals surface area contributed by atoms with Gasteiger partial charge in [-0.15, -0.1) is 0 Å². The Morgan fingerprint density at radius 1 is 1.23 bits per heavy atom. The molecule has 0 spiro atoms. The Labute approximate surface area is 159 Å². The third-order valence-electron chi connectivity index (χ3n) is 4.24. The first-order valence-electron chi connectivity index (χ1n) is 8.56. The van der Waals surface area contributed by atoms with Crippen LogP contribution in [0.3, 0.4) is 0 Å². The van der Waals surface area contributed by atoms with Crippen LogP contribution in [0, 0.1) is 5.92 Å². The van der Waals surface area contributed by atoms with Crippen molar-refractivity contribution in [2.24, 2.45) is 5.92 Å². The summed E-state index contributed by atoms with van der Waals surface area (Å²) in [5, 5.41) is 3.74. The lowest BCUT2D eigenvalue weighted by Crippen LogP contribution is -2.44. The molecular formula is C18H26N2O5S. The normalized spacial score (nSPS) is 16.6. The summed E-state index contributed by atoms with van der Waals surface area (Å²) in [4.78, 5) is 14.0. The van der Waals surface area contributed by atoms with Gasteiger partial charge in [0.15, 0.2) is 16.6 Å². The van der Waals surface area contributed by atoms with Gasteiger partial charge < -0.3 is 29.2 Å². The number of methoxy groups -OCH3 is 3. The van der Waals surface area contributed by atoms with Gasteiger partial charge in [-0.05, 0) is 32.0 Å². The molecule has 0 amide bonds. The van der Waals surface area contributed by atoms with E-state index < -0.39 is 0 Å². The van der Waals surface area contributed by atoms with Crippen LogP contribution < -0.4 is 19.5 Å². The third kappa shape index (κ3) is 4.69. The third-order valence-corrected chi connectivity index (χ3v) is 4.60. The van der Waals surface area contributed by atoms with Crippen LogP contribution in [0.1, 0.15) is 19.8 Å². The van der Waals surface area contributed by atoms with Crippen molar-refractivity contribution in [3.8, 4) is 17.2 Å². The van der Waals surface area contributed by atoms with Gasteiger partial charge in [0.2, 0.25) is 5.75 Å². The largest absolute Gasteiger partial charge is 0.493 e. The minimum Gasteiger partial charge on any atom is -0.493 e. The Kier molecular flexibility index (Phi) is 7.32. The molecule has 26 heavy (non-hydrogen) atoms. The van der Waals surface area contributed by atoms with Gasteiger partial charge in [0.25, 0.3) is 0 Å². The maximum atomic E-state index is 12.0. The van der Waals surface area contributed by atoms with Gasteiger partial charge in [-0.1, -0.05) is 0 Å². The van der Waals surface area contributed by atoms with E-state index in [0.717, 1.165) is 25.1 Å². The summed E-state index contributed by atoms with van der Waals surface area (Å²) in [5.41, 5.74) is 0.725. The van der Waals surface area contributed by atoms with Gasteiger partial charge in [0, 0.05) is 30.9 Å². The zero-order valence-electron chi connectivity index (χ0n) is 15.7. The van der Waals surface area contributed by atoms with Crippen molar-refractivity contribution in [1.82, 2.24) is 4.90 Å². The van der Waals surface area contributed by atoms with Crippen LogP contribution in [0.4, 0.5) is 5.69 Å². The highest BCUT2D eigenvalue weighted by molar-refractivity contribution is 7.80. The topological polar surface area (TPSA) is 69.3 Å². The molecule has 0 aliphatic carbocycles. The SMILES string of the molecule is CCOC(=O)[C@H]1CCCN(C(=S)Nc2cc(OC)c(OC)c(OC)c2)C1. The Bertz CT molecular complexity index is 627. The monoisotopic (exact) mass is 382 g/mol. The van der Waals surface area contributed by atoms with Crippen molar-refractivity contribution in [3.63, 3.8) is 0 Å². The molecule has 1 N–H and O–H groups in total. The molecule has 0 bridgehead atoms. The number of esters is 1. The lowest BCUT2D eigenvalue weighted by molar-refractivity contribution is -0.149. The van der Waals surface area contributed by atoms with E-state index in [2.05, 4.69) is 5.32 Å². The molecule has 0 aromatic heterocycles. The molecule has 2 rings (SSSR count). The molecule has 1 aliphatic heterocycles. The fourth-order valence-electron chi connectivity index (χ4n) is 2.97. The molecule has 1 atom stereocenters. The standard InChI is InChI=1S/C18H26N2O5S/c1-5-25-17(21)12-7-6-8-20(11-12)18(26)19-13-9-14(22-2)16(24-4)15(10-13)23-3/h9-10,12H,5-8,11H2,1-4H3,(H,19,26)/t12-/m0/s1. The fourth-order valence-corrected chi connectivity index (χ4v) is 3.25. The predicted octanol–water partition coefficient (Wildman–Crippen LogP) is 2.68. The maximum absolute atomic E-state index is 12.0. The summed E-state index contributed by atoms with van der Waals surface area (Å²) in [7, 11) is 4.68. The minimum absolute atomic E-state index is 0.150. The maximum Gasteiger partial charge on any atom is 0.310 e. The number of ether oxygens (including phenoxy) is 4. The molecular weight excluding hydrogens is 356 g/mol. The molecule has 0 saturated carbocycles. The van der Waals surface area contributed by atoms with Crippen LogP contribution in [-0.4, -0.2) is 57.0 Å². The minimum atomic E-state index is -0.159. The number of hydrogen-bond donors (Lipinski definition) is 1. The number of anilines is 1. The van der Waals surface area contributed by atoms with E-state index in [4.69, 9.17) is 31.2 Å². The number of rotatable bonds is 6. The lowest BCUT2D eigenvalue weighted by Gasteiger charge is -2.33. The van der Waals surface area contributed by atoms with Crippen molar-refractivity contribution in [3.05, 3.63) is 12.1 Å². The van der Waals surface area contributed by atoms with Crippen molar-refractivity contribution in [2.75, 3.05) is 46.3 Å². The van der Waals surface area contributed by atoms with E-state index in [0.29, 0.717) is 35.5 Å². The summed E-state index contributed by atoms with van der Waals surface area (Å²) in [6, 6.07) is 3.58. The summed E-state index contributed by atoms with van der Waals surface area (Å²) in [5.74, 6) is 1.29. The number of carbonyl (C=O) groups excluding carboxylic acids is 1. The van der Waals surface area contributed by atoms with Crippen LogP contribution in [0.5, 0.6) is 17.2 Å². The number of thiocarbonyl (C=S) groups is 1. The van der Waals surface area contributed by atoms with Crippen LogP contribution in [0.25, 0.3) is 0 Å². The second kappa shape index (κ2) is 9.47. The molecule has 1 aromatic carbocycles. The molecule has 0 radical (unpaired) electrons. The first kappa shape index (κ1) is 20.1.